The highest BCUT2D eigenvalue weighted by Gasteiger charge is 2.28. The van der Waals surface area contributed by atoms with E-state index in [1.807, 2.05) is 60.7 Å². The molecular weight excluding hydrogens is 446 g/mol. The molecule has 2 N–H and O–H groups in total. The number of benzene rings is 2. The third-order valence-electron chi connectivity index (χ3n) is 6.37. The fourth-order valence-electron chi connectivity index (χ4n) is 4.24. The first-order chi connectivity index (χ1) is 16.5. The summed E-state index contributed by atoms with van der Waals surface area (Å²) in [7, 11) is 0. The number of hydrogen-bond acceptors (Lipinski definition) is 6. The molecule has 4 rings (SSSR count). The van der Waals surface area contributed by atoms with Crippen molar-refractivity contribution in [2.45, 2.75) is 44.3 Å². The number of thioether (sulfide) groups is 1. The molecule has 1 heterocycles. The van der Waals surface area contributed by atoms with Gasteiger partial charge in [0.05, 0.1) is 5.75 Å². The first-order valence-electron chi connectivity index (χ1n) is 11.6. The standard InChI is InChI=1S/C26H29N5O2S/c1-17-10-9-15-21(18(17)2)27-25(33)28-22(32)16-34-26-29-23(19-11-5-3-6-12-19)24(30-31-26)20-13-7-4-8-14-20/h3-8,11-14,17-18,21H,9-10,15-16H2,1-2H3,(H2,27,28,32,33)/t17-,18+,21+/m0/s1. The van der Waals surface area contributed by atoms with Crippen LogP contribution in [0.5, 0.6) is 0 Å². The molecule has 1 aliphatic rings. The van der Waals surface area contributed by atoms with Gasteiger partial charge in [-0.2, -0.15) is 0 Å². The van der Waals surface area contributed by atoms with E-state index in [9.17, 15) is 9.59 Å². The summed E-state index contributed by atoms with van der Waals surface area (Å²) in [6.45, 7) is 4.36. The number of urea groups is 1. The first-order valence-corrected chi connectivity index (χ1v) is 12.6. The fourth-order valence-corrected chi connectivity index (χ4v) is 4.83. The molecule has 3 atom stereocenters. The van der Waals surface area contributed by atoms with Crippen LogP contribution in [-0.4, -0.2) is 38.9 Å². The van der Waals surface area contributed by atoms with Crippen LogP contribution in [0.3, 0.4) is 0 Å². The van der Waals surface area contributed by atoms with Gasteiger partial charge in [0, 0.05) is 17.2 Å². The summed E-state index contributed by atoms with van der Waals surface area (Å²) >= 11 is 1.15. The lowest BCUT2D eigenvalue weighted by Gasteiger charge is -2.34. The van der Waals surface area contributed by atoms with Crippen LogP contribution in [0, 0.1) is 11.8 Å². The summed E-state index contributed by atoms with van der Waals surface area (Å²) in [5.41, 5.74) is 3.20. The van der Waals surface area contributed by atoms with Gasteiger partial charge in [0.2, 0.25) is 11.1 Å². The SMILES string of the molecule is C[C@@H]1[C@@H](C)CCC[C@H]1NC(=O)NC(=O)CSc1nnc(-c2ccccc2)c(-c2ccccc2)n1. The number of carbonyl (C=O) groups is 2. The number of imide groups is 1. The average Bonchev–Trinajstić information content (AvgIpc) is 2.86. The Labute approximate surface area is 204 Å². The molecule has 3 amide bonds. The zero-order valence-corrected chi connectivity index (χ0v) is 20.2. The average molecular weight is 476 g/mol. The largest absolute Gasteiger partial charge is 0.335 e. The van der Waals surface area contributed by atoms with Crippen molar-refractivity contribution >= 4 is 23.7 Å². The van der Waals surface area contributed by atoms with Crippen molar-refractivity contribution in [2.75, 3.05) is 5.75 Å². The van der Waals surface area contributed by atoms with Crippen LogP contribution in [0.15, 0.2) is 65.8 Å². The number of rotatable bonds is 6. The van der Waals surface area contributed by atoms with Gasteiger partial charge in [0.1, 0.15) is 11.4 Å². The molecule has 1 aliphatic carbocycles. The molecule has 1 fully saturated rings. The number of carbonyl (C=O) groups excluding carboxylic acids is 2. The molecule has 0 aliphatic heterocycles. The van der Waals surface area contributed by atoms with E-state index in [4.69, 9.17) is 4.98 Å². The molecule has 8 heteroatoms. The first kappa shape index (κ1) is 23.9. The van der Waals surface area contributed by atoms with Gasteiger partial charge in [-0.3, -0.25) is 10.1 Å². The second kappa shape index (κ2) is 11.2. The predicted octanol–water partition coefficient (Wildman–Crippen LogP) is 4.95. The molecule has 1 saturated carbocycles. The number of amides is 3. The Morgan fingerprint density at radius 3 is 2.24 bits per heavy atom. The van der Waals surface area contributed by atoms with Crippen LogP contribution in [0.4, 0.5) is 4.79 Å². The fraction of sp³-hybridized carbons (Fsp3) is 0.346. The van der Waals surface area contributed by atoms with E-state index in [2.05, 4.69) is 34.7 Å². The van der Waals surface area contributed by atoms with Crippen molar-refractivity contribution in [3.8, 4) is 22.5 Å². The maximum atomic E-state index is 12.4. The third-order valence-corrected chi connectivity index (χ3v) is 7.21. The Bertz CT molecular complexity index is 1130. The van der Waals surface area contributed by atoms with Gasteiger partial charge >= 0.3 is 6.03 Å². The highest BCUT2D eigenvalue weighted by molar-refractivity contribution is 7.99. The zero-order valence-electron chi connectivity index (χ0n) is 19.4. The van der Waals surface area contributed by atoms with Gasteiger partial charge in [0.15, 0.2) is 0 Å². The Morgan fingerprint density at radius 1 is 0.912 bits per heavy atom. The van der Waals surface area contributed by atoms with Crippen LogP contribution < -0.4 is 10.6 Å². The Morgan fingerprint density at radius 2 is 1.56 bits per heavy atom. The summed E-state index contributed by atoms with van der Waals surface area (Å²) in [4.78, 5) is 29.4. The predicted molar refractivity (Wildman–Crippen MR) is 134 cm³/mol. The Hall–Kier alpha value is -3.26. The van der Waals surface area contributed by atoms with E-state index in [1.165, 1.54) is 6.42 Å². The molecular formula is C26H29N5O2S. The van der Waals surface area contributed by atoms with Gasteiger partial charge in [-0.05, 0) is 18.3 Å². The van der Waals surface area contributed by atoms with Crippen LogP contribution in [0.2, 0.25) is 0 Å². The van der Waals surface area contributed by atoms with Crippen molar-refractivity contribution in [3.63, 3.8) is 0 Å². The van der Waals surface area contributed by atoms with E-state index in [-0.39, 0.29) is 11.8 Å². The summed E-state index contributed by atoms with van der Waals surface area (Å²) in [5.74, 6) is 0.580. The van der Waals surface area contributed by atoms with Crippen molar-refractivity contribution in [3.05, 3.63) is 60.7 Å². The van der Waals surface area contributed by atoms with Crippen molar-refractivity contribution in [1.82, 2.24) is 25.8 Å². The lowest BCUT2D eigenvalue weighted by Crippen LogP contribution is -2.49. The van der Waals surface area contributed by atoms with Gasteiger partial charge in [0.25, 0.3) is 0 Å². The molecule has 0 radical (unpaired) electrons. The van der Waals surface area contributed by atoms with Crippen molar-refractivity contribution in [2.24, 2.45) is 11.8 Å². The Balaban J connectivity index is 1.41. The minimum absolute atomic E-state index is 0.0185. The van der Waals surface area contributed by atoms with Gasteiger partial charge in [-0.15, -0.1) is 10.2 Å². The topological polar surface area (TPSA) is 96.9 Å². The summed E-state index contributed by atoms with van der Waals surface area (Å²) in [5, 5.41) is 14.4. The van der Waals surface area contributed by atoms with Crippen LogP contribution >= 0.6 is 11.8 Å². The molecule has 34 heavy (non-hydrogen) atoms. The second-order valence-corrected chi connectivity index (χ2v) is 9.65. The monoisotopic (exact) mass is 475 g/mol. The minimum atomic E-state index is -0.444. The van der Waals surface area contributed by atoms with Crippen LogP contribution in [0.25, 0.3) is 22.5 Å². The van der Waals surface area contributed by atoms with E-state index < -0.39 is 11.9 Å². The zero-order chi connectivity index (χ0) is 23.9. The second-order valence-electron chi connectivity index (χ2n) is 8.71. The maximum Gasteiger partial charge on any atom is 0.321 e. The third kappa shape index (κ3) is 5.99. The number of aromatic nitrogens is 3. The normalized spacial score (nSPS) is 19.9. The summed E-state index contributed by atoms with van der Waals surface area (Å²) < 4.78 is 0. The van der Waals surface area contributed by atoms with Crippen molar-refractivity contribution < 1.29 is 9.59 Å². The van der Waals surface area contributed by atoms with E-state index in [0.717, 1.165) is 35.7 Å². The Kier molecular flexibility index (Phi) is 7.90. The minimum Gasteiger partial charge on any atom is -0.335 e. The van der Waals surface area contributed by atoms with Gasteiger partial charge in [-0.1, -0.05) is 99.1 Å². The molecule has 0 bridgehead atoms. The highest BCUT2D eigenvalue weighted by atomic mass is 32.2. The van der Waals surface area contributed by atoms with Gasteiger partial charge < -0.3 is 5.32 Å². The molecule has 2 aromatic carbocycles. The molecule has 3 aromatic rings. The lowest BCUT2D eigenvalue weighted by atomic mass is 9.78. The molecule has 0 saturated heterocycles. The maximum absolute atomic E-state index is 12.4. The highest BCUT2D eigenvalue weighted by Crippen LogP contribution is 2.30. The molecule has 7 nitrogen and oxygen atoms in total. The number of nitrogens with zero attached hydrogens (tertiary/aromatic N) is 3. The van der Waals surface area contributed by atoms with Crippen LogP contribution in [-0.2, 0) is 4.79 Å². The van der Waals surface area contributed by atoms with E-state index in [0.29, 0.717) is 28.4 Å². The summed E-state index contributed by atoms with van der Waals surface area (Å²) in [6, 6.07) is 19.2. The molecule has 176 valence electrons. The van der Waals surface area contributed by atoms with E-state index >= 15 is 0 Å². The smallest absolute Gasteiger partial charge is 0.321 e. The van der Waals surface area contributed by atoms with Crippen LogP contribution in [0.1, 0.15) is 33.1 Å². The van der Waals surface area contributed by atoms with E-state index in [1.54, 1.807) is 0 Å². The quantitative estimate of drug-likeness (QED) is 0.490. The molecule has 0 unspecified atom stereocenters. The summed E-state index contributed by atoms with van der Waals surface area (Å²) in [6.07, 6.45) is 3.21. The van der Waals surface area contributed by atoms with Crippen molar-refractivity contribution in [1.29, 1.82) is 0 Å². The molecule has 1 aromatic heterocycles. The number of hydrogen-bond donors (Lipinski definition) is 2. The lowest BCUT2D eigenvalue weighted by molar-refractivity contribution is -0.117. The number of nitrogens with one attached hydrogen (secondary N) is 2. The molecule has 0 spiro atoms. The van der Waals surface area contributed by atoms with Gasteiger partial charge in [-0.25, -0.2) is 9.78 Å².